The molecule has 0 aromatic heterocycles. The summed E-state index contributed by atoms with van der Waals surface area (Å²) in [4.78, 5) is 2.63. The lowest BCUT2D eigenvalue weighted by molar-refractivity contribution is 0.161. The highest BCUT2D eigenvalue weighted by Gasteiger charge is 2.23. The molecule has 2 aromatic rings. The Morgan fingerprint density at radius 2 is 1.23 bits per heavy atom. The van der Waals surface area contributed by atoms with Crippen LogP contribution in [-0.2, 0) is 13.1 Å². The largest absolute Gasteiger partial charge is 0.396 e. The molecule has 0 heterocycles. The first kappa shape index (κ1) is 19.1. The summed E-state index contributed by atoms with van der Waals surface area (Å²) in [5.41, 5.74) is 2.81. The number of rotatable bonds is 9. The molecule has 0 atom stereocenters. The molecule has 0 aliphatic heterocycles. The van der Waals surface area contributed by atoms with Crippen molar-refractivity contribution in [3.63, 3.8) is 0 Å². The van der Waals surface area contributed by atoms with E-state index in [2.05, 4.69) is 65.6 Å². The maximum atomic E-state index is 9.04. The topological polar surface area (TPSA) is 23.5 Å². The molecule has 0 bridgehead atoms. The fraction of sp³-hybridized carbons (Fsp3) is 0.500. The van der Waals surface area contributed by atoms with Gasteiger partial charge in [-0.15, -0.1) is 0 Å². The summed E-state index contributed by atoms with van der Waals surface area (Å²) in [6.07, 6.45) is 7.56. The maximum Gasteiger partial charge on any atom is 0.0431 e. The van der Waals surface area contributed by atoms with Crippen LogP contribution in [0.15, 0.2) is 60.7 Å². The lowest BCUT2D eigenvalue weighted by Crippen LogP contribution is -2.31. The van der Waals surface area contributed by atoms with E-state index in [0.29, 0.717) is 6.61 Å². The fourth-order valence-corrected chi connectivity index (χ4v) is 4.32. The third-order valence-electron chi connectivity index (χ3n) is 5.75. The highest BCUT2D eigenvalue weighted by Crippen LogP contribution is 2.32. The zero-order chi connectivity index (χ0) is 18.0. The van der Waals surface area contributed by atoms with E-state index in [9.17, 15) is 0 Å². The van der Waals surface area contributed by atoms with Crippen molar-refractivity contribution in [2.75, 3.05) is 13.2 Å². The highest BCUT2D eigenvalue weighted by atomic mass is 16.2. The molecule has 2 heteroatoms. The third-order valence-corrected chi connectivity index (χ3v) is 5.75. The maximum absolute atomic E-state index is 9.04. The molecule has 0 radical (unpaired) electrons. The second-order valence-electron chi connectivity index (χ2n) is 7.89. The Kier molecular flexibility index (Phi) is 7.72. The molecule has 0 unspecified atom stereocenters. The second kappa shape index (κ2) is 10.5. The number of nitrogens with zero attached hydrogens (tertiary/aromatic N) is 1. The first-order valence-corrected chi connectivity index (χ1v) is 10.2. The predicted molar refractivity (Wildman–Crippen MR) is 109 cm³/mol. The van der Waals surface area contributed by atoms with E-state index in [0.717, 1.165) is 31.3 Å². The molecular formula is C24H33NO. The van der Waals surface area contributed by atoms with Gasteiger partial charge in [0, 0.05) is 26.2 Å². The average molecular weight is 352 g/mol. The zero-order valence-corrected chi connectivity index (χ0v) is 15.9. The van der Waals surface area contributed by atoms with Gasteiger partial charge in [0.15, 0.2) is 0 Å². The van der Waals surface area contributed by atoms with E-state index in [1.54, 1.807) is 0 Å². The number of hydrogen-bond acceptors (Lipinski definition) is 2. The predicted octanol–water partition coefficient (Wildman–Crippen LogP) is 5.27. The van der Waals surface area contributed by atoms with Crippen LogP contribution in [0.5, 0.6) is 0 Å². The molecule has 1 fully saturated rings. The monoisotopic (exact) mass is 351 g/mol. The Hall–Kier alpha value is -1.64. The smallest absolute Gasteiger partial charge is 0.0431 e. The highest BCUT2D eigenvalue weighted by molar-refractivity contribution is 5.17. The van der Waals surface area contributed by atoms with Crippen LogP contribution in [0.25, 0.3) is 0 Å². The summed E-state index contributed by atoms with van der Waals surface area (Å²) in [7, 11) is 0. The molecule has 26 heavy (non-hydrogen) atoms. The van der Waals surface area contributed by atoms with Crippen LogP contribution in [0.2, 0.25) is 0 Å². The van der Waals surface area contributed by atoms with Gasteiger partial charge >= 0.3 is 0 Å². The van der Waals surface area contributed by atoms with Crippen molar-refractivity contribution in [1.29, 1.82) is 0 Å². The molecule has 0 amide bonds. The van der Waals surface area contributed by atoms with E-state index < -0.39 is 0 Å². The molecule has 1 saturated carbocycles. The van der Waals surface area contributed by atoms with E-state index in [1.807, 2.05) is 0 Å². The van der Waals surface area contributed by atoms with Gasteiger partial charge in [0.25, 0.3) is 0 Å². The normalized spacial score (nSPS) is 20.4. The van der Waals surface area contributed by atoms with Gasteiger partial charge < -0.3 is 5.11 Å². The Balaban J connectivity index is 1.57. The molecule has 1 aliphatic rings. The van der Waals surface area contributed by atoms with Crippen molar-refractivity contribution in [2.45, 2.75) is 51.6 Å². The second-order valence-corrected chi connectivity index (χ2v) is 7.89. The molecule has 2 aromatic carbocycles. The molecule has 1 aliphatic carbocycles. The Labute approximate surface area is 158 Å². The van der Waals surface area contributed by atoms with E-state index in [-0.39, 0.29) is 0 Å². The first-order chi connectivity index (χ1) is 12.8. The van der Waals surface area contributed by atoms with Crippen molar-refractivity contribution >= 4 is 0 Å². The Morgan fingerprint density at radius 3 is 1.73 bits per heavy atom. The van der Waals surface area contributed by atoms with Crippen LogP contribution in [0.1, 0.15) is 49.7 Å². The van der Waals surface area contributed by atoms with Crippen LogP contribution >= 0.6 is 0 Å². The molecule has 0 saturated heterocycles. The van der Waals surface area contributed by atoms with E-state index in [4.69, 9.17) is 5.11 Å². The minimum atomic E-state index is 0.349. The summed E-state index contributed by atoms with van der Waals surface area (Å²) in [5, 5.41) is 9.04. The lowest BCUT2D eigenvalue weighted by Gasteiger charge is -2.33. The van der Waals surface area contributed by atoms with Crippen molar-refractivity contribution in [3.8, 4) is 0 Å². The van der Waals surface area contributed by atoms with Gasteiger partial charge in [-0.1, -0.05) is 73.5 Å². The van der Waals surface area contributed by atoms with Crippen molar-refractivity contribution in [3.05, 3.63) is 71.8 Å². The van der Waals surface area contributed by atoms with Gasteiger partial charge in [0.05, 0.1) is 0 Å². The van der Waals surface area contributed by atoms with Crippen LogP contribution in [0, 0.1) is 11.8 Å². The molecular weight excluding hydrogens is 318 g/mol. The van der Waals surface area contributed by atoms with Crippen molar-refractivity contribution < 1.29 is 5.11 Å². The molecule has 2 nitrogen and oxygen atoms in total. The summed E-state index contributed by atoms with van der Waals surface area (Å²) < 4.78 is 0. The summed E-state index contributed by atoms with van der Waals surface area (Å²) in [6, 6.07) is 21.7. The van der Waals surface area contributed by atoms with E-state index >= 15 is 0 Å². The van der Waals surface area contributed by atoms with Gasteiger partial charge in [0.2, 0.25) is 0 Å². The zero-order valence-electron chi connectivity index (χ0n) is 15.9. The van der Waals surface area contributed by atoms with E-state index in [1.165, 1.54) is 49.8 Å². The number of hydrogen-bond donors (Lipinski definition) is 1. The number of aliphatic hydroxyl groups excluding tert-OH is 1. The quantitative estimate of drug-likeness (QED) is 0.665. The summed E-state index contributed by atoms with van der Waals surface area (Å²) in [5.74, 6) is 1.66. The SMILES string of the molecule is OCCCC1CCC(CN(Cc2ccccc2)Cc2ccccc2)CC1. The van der Waals surface area contributed by atoms with Crippen LogP contribution < -0.4 is 0 Å². The Bertz CT molecular complexity index is 563. The first-order valence-electron chi connectivity index (χ1n) is 10.2. The van der Waals surface area contributed by atoms with Crippen LogP contribution in [0.4, 0.5) is 0 Å². The minimum Gasteiger partial charge on any atom is -0.396 e. The summed E-state index contributed by atoms with van der Waals surface area (Å²) >= 11 is 0. The van der Waals surface area contributed by atoms with Crippen molar-refractivity contribution in [1.82, 2.24) is 4.90 Å². The average Bonchev–Trinajstić information content (AvgIpc) is 2.69. The van der Waals surface area contributed by atoms with Crippen LogP contribution in [0.3, 0.4) is 0 Å². The van der Waals surface area contributed by atoms with Gasteiger partial charge in [-0.3, -0.25) is 4.90 Å². The lowest BCUT2D eigenvalue weighted by atomic mass is 9.80. The molecule has 0 spiro atoms. The third kappa shape index (κ3) is 6.26. The minimum absolute atomic E-state index is 0.349. The van der Waals surface area contributed by atoms with Gasteiger partial charge in [-0.25, -0.2) is 0 Å². The standard InChI is InChI=1S/C24H33NO/c26-17-7-12-21-13-15-24(16-14-21)20-25(18-22-8-3-1-4-9-22)19-23-10-5-2-6-11-23/h1-6,8-11,21,24,26H,7,12-20H2. The van der Waals surface area contributed by atoms with Crippen LogP contribution in [-0.4, -0.2) is 23.2 Å². The summed E-state index contributed by atoms with van der Waals surface area (Å²) in [6.45, 7) is 3.60. The molecule has 3 rings (SSSR count). The molecule has 140 valence electrons. The number of aliphatic hydroxyl groups is 1. The van der Waals surface area contributed by atoms with Crippen molar-refractivity contribution in [2.24, 2.45) is 11.8 Å². The van der Waals surface area contributed by atoms with Gasteiger partial charge in [-0.2, -0.15) is 0 Å². The fourth-order valence-electron chi connectivity index (χ4n) is 4.32. The number of benzene rings is 2. The Morgan fingerprint density at radius 1 is 0.731 bits per heavy atom. The molecule has 1 N–H and O–H groups in total. The van der Waals surface area contributed by atoms with Gasteiger partial charge in [0.1, 0.15) is 0 Å². The van der Waals surface area contributed by atoms with Gasteiger partial charge in [-0.05, 0) is 48.6 Å².